The van der Waals surface area contributed by atoms with Gasteiger partial charge in [-0.1, -0.05) is 282 Å². The highest BCUT2D eigenvalue weighted by molar-refractivity contribution is 6.10. The Morgan fingerprint density at radius 2 is 0.824 bits per heavy atom. The monoisotopic (exact) mass is 1120 g/mol. The molecule has 0 amide bonds. The van der Waals surface area contributed by atoms with Crippen LogP contribution in [0.3, 0.4) is 0 Å². The van der Waals surface area contributed by atoms with E-state index in [1.807, 2.05) is 0 Å². The van der Waals surface area contributed by atoms with Gasteiger partial charge in [0.1, 0.15) is 0 Å². The molecule has 11 rings (SSSR count). The Hall–Kier alpha value is -7.42. The molecule has 2 nitrogen and oxygen atoms in total. The van der Waals surface area contributed by atoms with Gasteiger partial charge in [0.25, 0.3) is 0 Å². The summed E-state index contributed by atoms with van der Waals surface area (Å²) in [4.78, 5) is 2.53. The minimum atomic E-state index is -0.0131. The topological polar surface area (TPSA) is 8.17 Å². The maximum atomic E-state index is 2.62. The van der Waals surface area contributed by atoms with Crippen molar-refractivity contribution in [2.24, 2.45) is 0 Å². The van der Waals surface area contributed by atoms with Gasteiger partial charge in [0.2, 0.25) is 0 Å². The van der Waals surface area contributed by atoms with Gasteiger partial charge in [0, 0.05) is 38.9 Å². The molecule has 0 radical (unpaired) electrons. The van der Waals surface area contributed by atoms with Crippen LogP contribution in [0.25, 0.3) is 72.0 Å². The number of unbranched alkanes of at least 4 members (excludes halogenated alkanes) is 17. The summed E-state index contributed by atoms with van der Waals surface area (Å²) < 4.78 is 2.49. The van der Waals surface area contributed by atoms with Crippen molar-refractivity contribution < 1.29 is 0 Å². The van der Waals surface area contributed by atoms with Gasteiger partial charge in [0.05, 0.1) is 11.0 Å². The summed E-state index contributed by atoms with van der Waals surface area (Å²) in [7, 11) is 0. The lowest BCUT2D eigenvalue weighted by Gasteiger charge is -2.34. The highest BCUT2D eigenvalue weighted by atomic mass is 15.1. The van der Waals surface area contributed by atoms with Gasteiger partial charge < -0.3 is 9.47 Å². The molecule has 0 unspecified atom stereocenters. The second-order valence-corrected chi connectivity index (χ2v) is 25.3. The summed E-state index contributed by atoms with van der Waals surface area (Å²) in [6, 6.07) is 77.0. The molecule has 9 aromatic carbocycles. The Kier molecular flexibility index (Phi) is 20.0. The maximum absolute atomic E-state index is 2.62. The van der Waals surface area contributed by atoms with E-state index in [9.17, 15) is 0 Å². The molecule has 0 fully saturated rings. The number of rotatable bonds is 30. The van der Waals surface area contributed by atoms with E-state index in [4.69, 9.17) is 0 Å². The highest BCUT2D eigenvalue weighted by Crippen LogP contribution is 2.56. The Balaban J connectivity index is 0.942. The van der Waals surface area contributed by atoms with E-state index < -0.39 is 0 Å². The number of para-hydroxylation sites is 1. The first-order valence-electron chi connectivity index (χ1n) is 33.4. The fraction of sp³-hybridized carbons (Fsp3) is 0.349. The Morgan fingerprint density at radius 3 is 1.48 bits per heavy atom. The molecule has 436 valence electrons. The van der Waals surface area contributed by atoms with Crippen molar-refractivity contribution in [3.05, 3.63) is 228 Å². The average molecular weight is 1120 g/mol. The van der Waals surface area contributed by atoms with Crippen LogP contribution in [0.4, 0.5) is 17.1 Å². The van der Waals surface area contributed by atoms with Crippen molar-refractivity contribution in [1.29, 1.82) is 0 Å². The predicted octanol–water partition coefficient (Wildman–Crippen LogP) is 25.3. The summed E-state index contributed by atoms with van der Waals surface area (Å²) in [6.07, 6.45) is 30.1. The van der Waals surface area contributed by atoms with Gasteiger partial charge in [0.15, 0.2) is 0 Å². The molecule has 0 saturated heterocycles. The predicted molar refractivity (Wildman–Crippen MR) is 370 cm³/mol. The van der Waals surface area contributed by atoms with Crippen LogP contribution in [0.2, 0.25) is 0 Å². The number of hydrogen-bond acceptors (Lipinski definition) is 1. The molecule has 0 N–H and O–H groups in total. The van der Waals surface area contributed by atoms with E-state index >= 15 is 0 Å². The van der Waals surface area contributed by atoms with Gasteiger partial charge in [-0.2, -0.15) is 0 Å². The van der Waals surface area contributed by atoms with E-state index in [0.29, 0.717) is 0 Å². The van der Waals surface area contributed by atoms with Crippen molar-refractivity contribution in [1.82, 2.24) is 4.57 Å². The Bertz CT molecular complexity index is 3740. The third-order valence-corrected chi connectivity index (χ3v) is 18.9. The molecule has 2 heteroatoms. The molecular formula is C83H94N2. The number of aryl methyl sites for hydroxylation is 3. The lowest BCUT2D eigenvalue weighted by Crippen LogP contribution is -2.26. The minimum absolute atomic E-state index is 0.0131. The minimum Gasteiger partial charge on any atom is -0.310 e. The molecule has 1 aliphatic carbocycles. The summed E-state index contributed by atoms with van der Waals surface area (Å²) in [5.74, 6) is 0. The van der Waals surface area contributed by atoms with E-state index in [-0.39, 0.29) is 5.41 Å². The fourth-order valence-electron chi connectivity index (χ4n) is 14.5. The van der Waals surface area contributed by atoms with Crippen LogP contribution in [0, 0.1) is 13.8 Å². The van der Waals surface area contributed by atoms with Crippen LogP contribution in [0.15, 0.2) is 200 Å². The molecule has 0 bridgehead atoms. The Morgan fingerprint density at radius 1 is 0.329 bits per heavy atom. The summed E-state index contributed by atoms with van der Waals surface area (Å²) in [5, 5.41) is 2.54. The molecule has 0 atom stereocenters. The third kappa shape index (κ3) is 13.7. The zero-order valence-electron chi connectivity index (χ0n) is 52.2. The average Bonchev–Trinajstić information content (AvgIpc) is 1.84. The van der Waals surface area contributed by atoms with E-state index in [2.05, 4.69) is 244 Å². The fourth-order valence-corrected chi connectivity index (χ4v) is 14.5. The van der Waals surface area contributed by atoms with E-state index in [1.54, 1.807) is 5.56 Å². The number of fused-ring (bicyclic) bond motifs is 6. The van der Waals surface area contributed by atoms with Gasteiger partial charge in [-0.25, -0.2) is 0 Å². The van der Waals surface area contributed by atoms with Gasteiger partial charge in [-0.3, -0.25) is 0 Å². The largest absolute Gasteiger partial charge is 0.310 e. The smallest absolute Gasteiger partial charge is 0.0541 e. The van der Waals surface area contributed by atoms with Crippen LogP contribution in [0.5, 0.6) is 0 Å². The van der Waals surface area contributed by atoms with E-state index in [1.165, 1.54) is 247 Å². The quantitative estimate of drug-likeness (QED) is 0.0408. The number of benzene rings is 9. The van der Waals surface area contributed by atoms with Crippen LogP contribution in [-0.2, 0) is 11.8 Å². The van der Waals surface area contributed by atoms with E-state index in [0.717, 1.165) is 12.1 Å². The lowest BCUT2D eigenvalue weighted by atomic mass is 9.70. The second-order valence-electron chi connectivity index (χ2n) is 25.3. The summed E-state index contributed by atoms with van der Waals surface area (Å²) in [6.45, 7) is 11.4. The van der Waals surface area contributed by atoms with Crippen LogP contribution in [0.1, 0.15) is 190 Å². The standard InChI is InChI=1S/C83H94N2/c1-6-9-12-15-17-19-21-31-52-83(53-32-22-20-18-16-13-10-7-2)79-38-29-27-36-75(79)76-50-49-73(61-80(76)83)84(71-45-40-66(41-46-71)65-34-25-23-26-35-65)72-47-42-67(43-48-72)68-44-51-82-78(60-68)77-37-28-30-39-81(77)85(82)74-57-63(5)56-70(59-74)69-55-62(4)54-64(58-69)33-24-14-11-8-3/h23,25-30,34-51,54-61H,6-22,24,31-33,52-53H2,1-5H3. The van der Waals surface area contributed by atoms with Crippen molar-refractivity contribution in [3.63, 3.8) is 0 Å². The second kappa shape index (κ2) is 28.6. The molecule has 85 heavy (non-hydrogen) atoms. The first kappa shape index (κ1) is 59.3. The molecule has 10 aromatic rings. The summed E-state index contributed by atoms with van der Waals surface area (Å²) in [5.41, 5.74) is 24.7. The molecule has 1 heterocycles. The SMILES string of the molecule is CCCCCCCCCCC1(CCCCCCCCCC)c2ccccc2-c2ccc(N(c3ccc(-c4ccccc4)cc3)c3ccc(-c4ccc5c(c4)c4ccccc4n5-c4cc(C)cc(-c5cc(C)cc(CCCCCC)c5)c4)cc3)cc21. The number of nitrogens with zero attached hydrogens (tertiary/aromatic N) is 2. The molecule has 1 aromatic heterocycles. The highest BCUT2D eigenvalue weighted by Gasteiger charge is 2.42. The number of aromatic nitrogens is 1. The molecule has 0 spiro atoms. The molecule has 1 aliphatic rings. The van der Waals surface area contributed by atoms with Gasteiger partial charge in [-0.15, -0.1) is 0 Å². The number of anilines is 3. The van der Waals surface area contributed by atoms with Crippen molar-refractivity contribution in [2.45, 2.75) is 188 Å². The van der Waals surface area contributed by atoms with Crippen molar-refractivity contribution in [3.8, 4) is 50.2 Å². The van der Waals surface area contributed by atoms with Crippen LogP contribution < -0.4 is 4.90 Å². The van der Waals surface area contributed by atoms with Crippen molar-refractivity contribution in [2.75, 3.05) is 4.90 Å². The zero-order chi connectivity index (χ0) is 58.4. The molecular weight excluding hydrogens is 1020 g/mol. The molecule has 0 saturated carbocycles. The summed E-state index contributed by atoms with van der Waals surface area (Å²) >= 11 is 0. The molecule has 0 aliphatic heterocycles. The maximum Gasteiger partial charge on any atom is 0.0541 e. The first-order chi connectivity index (χ1) is 41.8. The lowest BCUT2D eigenvalue weighted by molar-refractivity contribution is 0.397. The van der Waals surface area contributed by atoms with Gasteiger partial charge >= 0.3 is 0 Å². The zero-order valence-corrected chi connectivity index (χ0v) is 52.2. The van der Waals surface area contributed by atoms with Crippen molar-refractivity contribution >= 4 is 38.9 Å². The van der Waals surface area contributed by atoms with Crippen LogP contribution >= 0.6 is 0 Å². The Labute approximate surface area is 511 Å². The van der Waals surface area contributed by atoms with Gasteiger partial charge in [-0.05, 0) is 173 Å². The normalized spacial score (nSPS) is 12.5. The number of hydrogen-bond donors (Lipinski definition) is 0. The van der Waals surface area contributed by atoms with Crippen LogP contribution in [-0.4, -0.2) is 4.57 Å². The first-order valence-corrected chi connectivity index (χ1v) is 33.4. The third-order valence-electron chi connectivity index (χ3n) is 18.9.